The van der Waals surface area contributed by atoms with E-state index >= 15 is 0 Å². The van der Waals surface area contributed by atoms with Gasteiger partial charge >= 0.3 is 6.61 Å². The molecule has 0 atom stereocenters. The molecular weight excluding hydrogens is 384 g/mol. The Bertz CT molecular complexity index is 1290. The molecule has 8 nitrogen and oxygen atoms in total. The number of alkyl halides is 2. The molecule has 0 aliphatic carbocycles. The quantitative estimate of drug-likeness (QED) is 0.644. The van der Waals surface area contributed by atoms with Gasteiger partial charge in [0, 0.05) is 18.3 Å². The van der Waals surface area contributed by atoms with Gasteiger partial charge in [0.05, 0.1) is 33.4 Å². The number of hydrogen-bond acceptors (Lipinski definition) is 7. The monoisotopic (exact) mass is 405 g/mol. The second kappa shape index (κ2) is 7.35. The van der Waals surface area contributed by atoms with Gasteiger partial charge in [0.2, 0.25) is 15.0 Å². The van der Waals surface area contributed by atoms with Crippen LogP contribution >= 0.6 is 0 Å². The first-order chi connectivity index (χ1) is 15.3. The molecule has 0 spiro atoms. The van der Waals surface area contributed by atoms with Crippen LogP contribution in [0.3, 0.4) is 0 Å². The van der Waals surface area contributed by atoms with Gasteiger partial charge in [-0.05, 0) is 12.1 Å². The molecule has 0 radical (unpaired) electrons. The van der Waals surface area contributed by atoms with Gasteiger partial charge in [-0.1, -0.05) is 0 Å². The van der Waals surface area contributed by atoms with Gasteiger partial charge < -0.3 is 19.2 Å². The number of aromatic amines is 1. The molecule has 1 N–H and O–H groups in total. The minimum atomic E-state index is -4.34. The first-order valence-electron chi connectivity index (χ1n) is 10.3. The van der Waals surface area contributed by atoms with Crippen molar-refractivity contribution in [3.8, 4) is 17.2 Å². The molecule has 2 aromatic heterocycles. The third kappa shape index (κ3) is 3.92. The number of halogens is 2. The lowest BCUT2D eigenvalue weighted by atomic mass is 10.3. The minimum Gasteiger partial charge on any atom is -0.493 e. The summed E-state index contributed by atoms with van der Waals surface area (Å²) in [7, 11) is -8.19. The van der Waals surface area contributed by atoms with Crippen molar-refractivity contribution in [2.75, 3.05) is 14.1 Å². The second-order valence-electron chi connectivity index (χ2n) is 5.06. The van der Waals surface area contributed by atoms with Crippen LogP contribution < -0.4 is 14.2 Å². The topological polar surface area (TPSA) is 103 Å². The number of aromatic nitrogens is 3. The molecule has 0 unspecified atom stereocenters. The van der Waals surface area contributed by atoms with Gasteiger partial charge in [0.15, 0.2) is 11.5 Å². The molecule has 0 saturated heterocycles. The predicted octanol–water partition coefficient (Wildman–Crippen LogP) is 2.55. The van der Waals surface area contributed by atoms with Crippen LogP contribution in [0.4, 0.5) is 8.78 Å². The number of pyridine rings is 1. The average molecular weight is 405 g/mol. The van der Waals surface area contributed by atoms with E-state index in [2.05, 4.69) is 19.7 Å². The largest absolute Gasteiger partial charge is 0.493 e. The molecule has 1 aromatic carbocycles. The Balaban J connectivity index is 2.04. The summed E-state index contributed by atoms with van der Waals surface area (Å²) in [5.74, 6) is -2.54. The number of ether oxygens (including phenoxy) is 3. The maximum Gasteiger partial charge on any atom is 0.387 e. The average Bonchev–Trinajstić information content (AvgIpc) is 3.11. The number of H-pyrrole nitrogens is 1. The van der Waals surface area contributed by atoms with Crippen molar-refractivity contribution >= 4 is 20.9 Å². The van der Waals surface area contributed by atoms with Crippen molar-refractivity contribution in [3.63, 3.8) is 0 Å². The molecule has 3 rings (SSSR count). The van der Waals surface area contributed by atoms with Crippen molar-refractivity contribution < 1.29 is 39.6 Å². The Morgan fingerprint density at radius 1 is 1.37 bits per heavy atom. The maximum atomic E-state index is 12.9. The number of benzene rings is 1. The number of fused-ring (bicyclic) bond motifs is 1. The number of nitrogens with one attached hydrogen (secondary N) is 1. The van der Waals surface area contributed by atoms with Crippen LogP contribution in [-0.4, -0.2) is 44.1 Å². The Hall–Kier alpha value is -2.95. The molecule has 0 fully saturated rings. The predicted molar refractivity (Wildman–Crippen MR) is 91.0 cm³/mol. The zero-order valence-corrected chi connectivity index (χ0v) is 14.1. The number of imidazole rings is 1. The van der Waals surface area contributed by atoms with Crippen LogP contribution in [0.15, 0.2) is 35.6 Å². The van der Waals surface area contributed by atoms with Gasteiger partial charge in [-0.3, -0.25) is 4.98 Å². The highest BCUT2D eigenvalue weighted by molar-refractivity contribution is 7.90. The van der Waals surface area contributed by atoms with E-state index in [1.165, 1.54) is 12.1 Å². The molecular formula is C16H15F2N3O5S. The van der Waals surface area contributed by atoms with E-state index in [1.54, 1.807) is 0 Å². The van der Waals surface area contributed by atoms with E-state index in [9.17, 15) is 17.2 Å². The van der Waals surface area contributed by atoms with Gasteiger partial charge in [-0.2, -0.15) is 8.78 Å². The molecule has 3 aromatic rings. The van der Waals surface area contributed by atoms with Gasteiger partial charge in [-0.15, -0.1) is 0 Å². The smallest absolute Gasteiger partial charge is 0.387 e. The SMILES string of the molecule is [2H]COc1c(CS(=O)(=O)c2nc3ccc(OC(F)F)cc3[nH]2)nc([2H])c([2H])c1OC([2H])([2H])[2H]. The van der Waals surface area contributed by atoms with Crippen molar-refractivity contribution in [1.29, 1.82) is 0 Å². The first-order valence-corrected chi connectivity index (χ1v) is 8.74. The van der Waals surface area contributed by atoms with Crippen molar-refractivity contribution in [1.82, 2.24) is 15.0 Å². The molecule has 11 heteroatoms. The Kier molecular flexibility index (Phi) is 3.39. The fourth-order valence-corrected chi connectivity index (χ4v) is 3.44. The summed E-state index contributed by atoms with van der Waals surface area (Å²) in [5, 5.41) is -0.579. The minimum absolute atomic E-state index is 0.0800. The zero-order chi connectivity index (χ0) is 24.6. The van der Waals surface area contributed by atoms with Gasteiger partial charge in [-0.25, -0.2) is 13.4 Å². The van der Waals surface area contributed by atoms with Crippen LogP contribution in [-0.2, 0) is 15.6 Å². The number of nitrogens with zero attached hydrogens (tertiary/aromatic N) is 2. The number of rotatable bonds is 7. The normalized spacial score (nSPS) is 15.4. The van der Waals surface area contributed by atoms with Crippen molar-refractivity contribution in [2.24, 2.45) is 0 Å². The van der Waals surface area contributed by atoms with Crippen molar-refractivity contribution in [3.05, 3.63) is 36.1 Å². The molecule has 0 amide bonds. The Morgan fingerprint density at radius 2 is 2.22 bits per heavy atom. The third-order valence-corrected chi connectivity index (χ3v) is 4.79. The lowest BCUT2D eigenvalue weighted by Gasteiger charge is -2.11. The summed E-state index contributed by atoms with van der Waals surface area (Å²) < 4.78 is 109. The van der Waals surface area contributed by atoms with Crippen LogP contribution in [0.2, 0.25) is 0 Å². The Labute approximate surface area is 161 Å². The fourth-order valence-electron chi connectivity index (χ4n) is 2.24. The first kappa shape index (κ1) is 12.4. The highest BCUT2D eigenvalue weighted by Gasteiger charge is 2.24. The summed E-state index contributed by atoms with van der Waals surface area (Å²) in [6.07, 6.45) is -0.782. The maximum absolute atomic E-state index is 12.9. The van der Waals surface area contributed by atoms with E-state index in [1.807, 2.05) is 0 Å². The van der Waals surface area contributed by atoms with E-state index in [0.717, 1.165) is 6.07 Å². The fraction of sp³-hybridized carbons (Fsp3) is 0.250. The summed E-state index contributed by atoms with van der Waals surface area (Å²) in [6, 6.07) is 2.78. The summed E-state index contributed by atoms with van der Waals surface area (Å²) in [5.41, 5.74) is -0.277. The molecule has 0 saturated carbocycles. The van der Waals surface area contributed by atoms with Crippen LogP contribution in [0.1, 0.15) is 13.9 Å². The molecule has 0 aliphatic rings. The number of hydrogen-bond donors (Lipinski definition) is 1. The highest BCUT2D eigenvalue weighted by atomic mass is 32.2. The zero-order valence-electron chi connectivity index (χ0n) is 19.3. The molecule has 0 aliphatic heterocycles. The van der Waals surface area contributed by atoms with Gasteiger partial charge in [0.1, 0.15) is 17.2 Å². The van der Waals surface area contributed by atoms with Crippen molar-refractivity contribution in [2.45, 2.75) is 17.5 Å². The molecule has 27 heavy (non-hydrogen) atoms. The number of sulfone groups is 1. The summed E-state index contributed by atoms with van der Waals surface area (Å²) in [6.45, 7) is -3.08. The second-order valence-corrected chi connectivity index (χ2v) is 6.96. The summed E-state index contributed by atoms with van der Waals surface area (Å²) >= 11 is 0. The number of methoxy groups -OCH3 is 2. The highest BCUT2D eigenvalue weighted by Crippen LogP contribution is 2.31. The van der Waals surface area contributed by atoms with Gasteiger partial charge in [0.25, 0.3) is 0 Å². The molecule has 144 valence electrons. The third-order valence-electron chi connectivity index (χ3n) is 3.35. The van der Waals surface area contributed by atoms with Crippen LogP contribution in [0.5, 0.6) is 17.2 Å². The van der Waals surface area contributed by atoms with Crippen LogP contribution in [0.25, 0.3) is 11.0 Å². The van der Waals surface area contributed by atoms with Crippen LogP contribution in [0, 0.1) is 0 Å². The van der Waals surface area contributed by atoms with E-state index < -0.39 is 70.9 Å². The van der Waals surface area contributed by atoms with E-state index in [4.69, 9.17) is 17.7 Å². The molecule has 0 bridgehead atoms. The molecule has 2 heterocycles. The van der Waals surface area contributed by atoms with E-state index in [0.29, 0.717) is 0 Å². The standard InChI is InChI=1S/C16H15F2N3O5S/c1-24-13-5-6-19-12(14(13)25-2)8-27(22,23)16-20-10-4-3-9(26-15(17)18)7-11(10)21-16/h3-7,15H,8H2,1-2H3,(H,20,21)/i1D3,2D,5D,6D. The van der Waals surface area contributed by atoms with E-state index in [-0.39, 0.29) is 16.8 Å². The Morgan fingerprint density at radius 3 is 2.96 bits per heavy atom. The lowest BCUT2D eigenvalue weighted by molar-refractivity contribution is -0.0497. The summed E-state index contributed by atoms with van der Waals surface area (Å²) in [4.78, 5) is 10.0. The lowest BCUT2D eigenvalue weighted by Crippen LogP contribution is -2.10.